The zero-order valence-electron chi connectivity index (χ0n) is 11.6. The van der Waals surface area contributed by atoms with Gasteiger partial charge in [0, 0.05) is 30.8 Å². The van der Waals surface area contributed by atoms with E-state index in [1.165, 1.54) is 4.31 Å². The van der Waals surface area contributed by atoms with Gasteiger partial charge >= 0.3 is 0 Å². The number of halogens is 1. The summed E-state index contributed by atoms with van der Waals surface area (Å²) in [5, 5.41) is 2.82. The molecular weight excluding hydrogens is 346 g/mol. The van der Waals surface area contributed by atoms with E-state index in [1.807, 2.05) is 13.8 Å². The van der Waals surface area contributed by atoms with Gasteiger partial charge in [-0.3, -0.25) is 0 Å². The number of pyridine rings is 1. The highest BCUT2D eigenvalue weighted by Gasteiger charge is 2.34. The van der Waals surface area contributed by atoms with Crippen molar-refractivity contribution in [2.24, 2.45) is 0 Å². The molecule has 2 rings (SSSR count). The molecule has 1 N–H and O–H groups in total. The molecule has 0 spiro atoms. The van der Waals surface area contributed by atoms with E-state index < -0.39 is 10.0 Å². The number of nitrogens with zero attached hydrogens (tertiary/aromatic N) is 2. The second kappa shape index (κ2) is 5.97. The summed E-state index contributed by atoms with van der Waals surface area (Å²) in [5.41, 5.74) is 0. The Kier molecular flexibility index (Phi) is 4.68. The van der Waals surface area contributed by atoms with Crippen molar-refractivity contribution in [2.75, 3.05) is 25.5 Å². The van der Waals surface area contributed by atoms with E-state index in [0.717, 1.165) is 0 Å². The molecule has 0 aliphatic carbocycles. The normalized spacial score (nSPS) is 24.6. The zero-order chi connectivity index (χ0) is 14.9. The summed E-state index contributed by atoms with van der Waals surface area (Å²) in [5.74, 6) is 0.347. The number of hydrogen-bond donors (Lipinski definition) is 1. The summed E-state index contributed by atoms with van der Waals surface area (Å²) < 4.78 is 33.2. The Bertz CT molecular complexity index is 584. The Morgan fingerprint density at radius 1 is 1.40 bits per heavy atom. The number of aromatic nitrogens is 1. The largest absolute Gasteiger partial charge is 0.373 e. The van der Waals surface area contributed by atoms with E-state index in [-0.39, 0.29) is 17.1 Å². The third-order valence-corrected chi connectivity index (χ3v) is 5.34. The van der Waals surface area contributed by atoms with Crippen molar-refractivity contribution in [3.8, 4) is 0 Å². The Balaban J connectivity index is 2.42. The van der Waals surface area contributed by atoms with Crippen LogP contribution in [-0.2, 0) is 14.8 Å². The maximum absolute atomic E-state index is 12.8. The quantitative estimate of drug-likeness (QED) is 0.884. The van der Waals surface area contributed by atoms with Crippen LogP contribution in [0.1, 0.15) is 13.8 Å². The molecule has 0 bridgehead atoms. The minimum absolute atomic E-state index is 0.119. The van der Waals surface area contributed by atoms with Gasteiger partial charge in [0.05, 0.1) is 12.2 Å². The average molecular weight is 364 g/mol. The number of rotatable bonds is 3. The molecule has 0 saturated carbocycles. The number of sulfonamides is 1. The van der Waals surface area contributed by atoms with Crippen LogP contribution in [-0.4, -0.2) is 50.1 Å². The molecule has 6 nitrogen and oxygen atoms in total. The molecule has 8 heteroatoms. The molecule has 0 aromatic carbocycles. The molecule has 1 aromatic rings. The van der Waals surface area contributed by atoms with Crippen molar-refractivity contribution in [1.29, 1.82) is 0 Å². The van der Waals surface area contributed by atoms with Gasteiger partial charge in [-0.05, 0) is 35.8 Å². The Morgan fingerprint density at radius 3 is 2.55 bits per heavy atom. The van der Waals surface area contributed by atoms with Crippen LogP contribution in [0.5, 0.6) is 0 Å². The molecule has 2 unspecified atom stereocenters. The summed E-state index contributed by atoms with van der Waals surface area (Å²) in [4.78, 5) is 4.28. The van der Waals surface area contributed by atoms with Gasteiger partial charge < -0.3 is 10.1 Å². The van der Waals surface area contributed by atoms with Gasteiger partial charge in [-0.25, -0.2) is 13.4 Å². The fourth-order valence-electron chi connectivity index (χ4n) is 2.27. The zero-order valence-corrected chi connectivity index (χ0v) is 14.0. The Labute approximate surface area is 127 Å². The second-order valence-electron chi connectivity index (χ2n) is 4.83. The predicted octanol–water partition coefficient (Wildman–Crippen LogP) is 1.68. The van der Waals surface area contributed by atoms with Gasteiger partial charge in [0.25, 0.3) is 0 Å². The van der Waals surface area contributed by atoms with Gasteiger partial charge in [-0.15, -0.1) is 0 Å². The van der Waals surface area contributed by atoms with Crippen LogP contribution in [0.25, 0.3) is 0 Å². The fraction of sp³-hybridized carbons (Fsp3) is 0.583. The Hall–Kier alpha value is -0.700. The number of anilines is 1. The third-order valence-electron chi connectivity index (χ3n) is 3.06. The first-order valence-electron chi connectivity index (χ1n) is 6.33. The van der Waals surface area contributed by atoms with E-state index >= 15 is 0 Å². The molecular formula is C12H18BrN3O3S. The van der Waals surface area contributed by atoms with Crippen molar-refractivity contribution in [3.63, 3.8) is 0 Å². The number of hydrogen-bond acceptors (Lipinski definition) is 5. The predicted molar refractivity (Wildman–Crippen MR) is 80.3 cm³/mol. The average Bonchev–Trinajstić information content (AvgIpc) is 2.37. The molecule has 1 fully saturated rings. The molecule has 2 atom stereocenters. The van der Waals surface area contributed by atoms with Crippen molar-refractivity contribution in [2.45, 2.75) is 31.0 Å². The lowest BCUT2D eigenvalue weighted by Crippen LogP contribution is -2.48. The molecule has 112 valence electrons. The maximum Gasteiger partial charge on any atom is 0.246 e. The van der Waals surface area contributed by atoms with Gasteiger partial charge in [-0.1, -0.05) is 0 Å². The Morgan fingerprint density at radius 2 is 2.00 bits per heavy atom. The van der Waals surface area contributed by atoms with E-state index in [1.54, 1.807) is 19.3 Å². The van der Waals surface area contributed by atoms with E-state index in [9.17, 15) is 8.42 Å². The topological polar surface area (TPSA) is 71.5 Å². The van der Waals surface area contributed by atoms with Gasteiger partial charge in [-0.2, -0.15) is 4.31 Å². The summed E-state index contributed by atoms with van der Waals surface area (Å²) in [7, 11) is -1.94. The molecule has 20 heavy (non-hydrogen) atoms. The number of morpholine rings is 1. The highest BCUT2D eigenvalue weighted by Crippen LogP contribution is 2.27. The fourth-order valence-corrected chi connectivity index (χ4v) is 4.52. The third kappa shape index (κ3) is 3.13. The summed E-state index contributed by atoms with van der Waals surface area (Å²) >= 11 is 3.27. The minimum atomic E-state index is -3.59. The summed E-state index contributed by atoms with van der Waals surface area (Å²) in [6.07, 6.45) is 1.33. The van der Waals surface area contributed by atoms with Gasteiger partial charge in [0.1, 0.15) is 10.7 Å². The summed E-state index contributed by atoms with van der Waals surface area (Å²) in [6.45, 7) is 4.44. The van der Waals surface area contributed by atoms with Crippen molar-refractivity contribution >= 4 is 31.8 Å². The first-order chi connectivity index (χ1) is 9.34. The van der Waals surface area contributed by atoms with Crippen LogP contribution in [0.4, 0.5) is 5.82 Å². The standard InChI is InChI=1S/C12H18BrN3O3S/c1-8-6-16(7-9(2)19-8)20(17,18)11-4-10(13)5-15-12(11)14-3/h4-5,8-9H,6-7H2,1-3H3,(H,14,15). The van der Waals surface area contributed by atoms with Crippen LogP contribution in [0.2, 0.25) is 0 Å². The van der Waals surface area contributed by atoms with E-state index in [2.05, 4.69) is 26.2 Å². The lowest BCUT2D eigenvalue weighted by molar-refractivity contribution is -0.0440. The van der Waals surface area contributed by atoms with Crippen LogP contribution in [0.3, 0.4) is 0 Å². The lowest BCUT2D eigenvalue weighted by Gasteiger charge is -2.34. The summed E-state index contributed by atoms with van der Waals surface area (Å²) in [6, 6.07) is 1.57. The van der Waals surface area contributed by atoms with Crippen LogP contribution >= 0.6 is 15.9 Å². The van der Waals surface area contributed by atoms with E-state index in [0.29, 0.717) is 23.4 Å². The monoisotopic (exact) mass is 363 g/mol. The first kappa shape index (κ1) is 15.7. The van der Waals surface area contributed by atoms with Crippen molar-refractivity contribution in [1.82, 2.24) is 9.29 Å². The molecule has 0 amide bonds. The van der Waals surface area contributed by atoms with Crippen LogP contribution in [0.15, 0.2) is 21.6 Å². The number of nitrogens with one attached hydrogen (secondary N) is 1. The number of ether oxygens (including phenoxy) is 1. The minimum Gasteiger partial charge on any atom is -0.373 e. The molecule has 1 saturated heterocycles. The SMILES string of the molecule is CNc1ncc(Br)cc1S(=O)(=O)N1CC(C)OC(C)C1. The highest BCUT2D eigenvalue weighted by atomic mass is 79.9. The van der Waals surface area contributed by atoms with E-state index in [4.69, 9.17) is 4.74 Å². The molecule has 2 heterocycles. The highest BCUT2D eigenvalue weighted by molar-refractivity contribution is 9.10. The first-order valence-corrected chi connectivity index (χ1v) is 8.56. The molecule has 1 aliphatic rings. The maximum atomic E-state index is 12.8. The van der Waals surface area contributed by atoms with Crippen molar-refractivity contribution in [3.05, 3.63) is 16.7 Å². The smallest absolute Gasteiger partial charge is 0.246 e. The lowest BCUT2D eigenvalue weighted by atomic mass is 10.3. The van der Waals surface area contributed by atoms with Crippen molar-refractivity contribution < 1.29 is 13.2 Å². The van der Waals surface area contributed by atoms with Gasteiger partial charge in [0.15, 0.2) is 0 Å². The van der Waals surface area contributed by atoms with Gasteiger partial charge in [0.2, 0.25) is 10.0 Å². The van der Waals surface area contributed by atoms with Crippen LogP contribution < -0.4 is 5.32 Å². The van der Waals surface area contributed by atoms with Crippen LogP contribution in [0, 0.1) is 0 Å². The molecule has 1 aromatic heterocycles. The second-order valence-corrected chi connectivity index (χ2v) is 7.65. The molecule has 1 aliphatic heterocycles. The molecule has 0 radical (unpaired) electrons.